The third-order valence-corrected chi connectivity index (χ3v) is 4.59. The molecule has 23 heavy (non-hydrogen) atoms. The second-order valence-electron chi connectivity index (χ2n) is 5.13. The smallest absolute Gasteiger partial charge is 0.173 e. The number of hydrogen-bond donors (Lipinski definition) is 0. The minimum absolute atomic E-state index is 0.853. The number of hydrogen-bond acceptors (Lipinski definition) is 4. The van der Waals surface area contributed by atoms with E-state index in [1.54, 1.807) is 18.9 Å². The van der Waals surface area contributed by atoms with E-state index >= 15 is 0 Å². The van der Waals surface area contributed by atoms with Crippen molar-refractivity contribution in [3.8, 4) is 16.9 Å². The molecule has 0 saturated carbocycles. The van der Waals surface area contributed by atoms with Crippen LogP contribution in [0.5, 0.6) is 5.75 Å². The third kappa shape index (κ3) is 2.16. The van der Waals surface area contributed by atoms with Crippen LogP contribution in [0, 0.1) is 0 Å². The Balaban J connectivity index is 2.11. The van der Waals surface area contributed by atoms with Gasteiger partial charge in [0.2, 0.25) is 0 Å². The van der Waals surface area contributed by atoms with Crippen molar-refractivity contribution in [1.29, 1.82) is 0 Å². The first-order valence-electron chi connectivity index (χ1n) is 7.26. The Morgan fingerprint density at radius 2 is 1.83 bits per heavy atom. The summed E-state index contributed by atoms with van der Waals surface area (Å²) in [5.74, 6) is 0.853. The van der Waals surface area contributed by atoms with Crippen LogP contribution >= 0.6 is 11.8 Å². The van der Waals surface area contributed by atoms with Crippen LogP contribution in [-0.2, 0) is 0 Å². The molecule has 0 radical (unpaired) electrons. The van der Waals surface area contributed by atoms with Crippen LogP contribution < -0.4 is 4.74 Å². The fourth-order valence-electron chi connectivity index (χ4n) is 2.92. The quantitative estimate of drug-likeness (QED) is 0.417. The van der Waals surface area contributed by atoms with Crippen molar-refractivity contribution >= 4 is 28.3 Å². The molecule has 0 aliphatic rings. The van der Waals surface area contributed by atoms with E-state index in [4.69, 9.17) is 4.74 Å². The summed E-state index contributed by atoms with van der Waals surface area (Å²) < 4.78 is 7.39. The topological polar surface area (TPSA) is 39.4 Å². The van der Waals surface area contributed by atoms with Gasteiger partial charge in [-0.2, -0.15) is 0 Å². The lowest BCUT2D eigenvalue weighted by molar-refractivity contribution is 0.415. The van der Waals surface area contributed by atoms with Crippen molar-refractivity contribution in [1.82, 2.24) is 14.4 Å². The average molecular weight is 321 g/mol. The molecular weight excluding hydrogens is 306 g/mol. The lowest BCUT2D eigenvalue weighted by Crippen LogP contribution is -1.93. The number of pyridine rings is 1. The molecule has 3 aromatic heterocycles. The lowest BCUT2D eigenvalue weighted by Gasteiger charge is -2.05. The highest BCUT2D eigenvalue weighted by Gasteiger charge is 2.16. The Morgan fingerprint density at radius 1 is 1.00 bits per heavy atom. The van der Waals surface area contributed by atoms with Gasteiger partial charge in [0.25, 0.3) is 0 Å². The molecule has 0 aliphatic heterocycles. The molecule has 0 spiro atoms. The van der Waals surface area contributed by atoms with Crippen LogP contribution in [0.2, 0.25) is 0 Å². The number of thioether (sulfide) groups is 1. The van der Waals surface area contributed by atoms with E-state index in [0.29, 0.717) is 0 Å². The van der Waals surface area contributed by atoms with Crippen LogP contribution in [0.25, 0.3) is 27.7 Å². The van der Waals surface area contributed by atoms with Gasteiger partial charge in [0.05, 0.1) is 12.6 Å². The van der Waals surface area contributed by atoms with Gasteiger partial charge in [0.1, 0.15) is 11.4 Å². The standard InChI is InChI=1S/C18H15N3OS/c1-22-13-7-5-12(6-8-13)16-14-4-3-10-19-17(14)21-15(16)9-11-20-18(21)23-2/h3-11H,1-2H3. The van der Waals surface area contributed by atoms with Gasteiger partial charge >= 0.3 is 0 Å². The summed E-state index contributed by atoms with van der Waals surface area (Å²) in [4.78, 5) is 9.06. The molecule has 0 unspecified atom stereocenters. The summed E-state index contributed by atoms with van der Waals surface area (Å²) in [7, 11) is 1.68. The fourth-order valence-corrected chi connectivity index (χ4v) is 3.45. The first-order valence-corrected chi connectivity index (χ1v) is 8.48. The summed E-state index contributed by atoms with van der Waals surface area (Å²) in [5, 5.41) is 2.06. The lowest BCUT2D eigenvalue weighted by atomic mass is 10.0. The summed E-state index contributed by atoms with van der Waals surface area (Å²) in [6.45, 7) is 0. The van der Waals surface area contributed by atoms with E-state index in [0.717, 1.165) is 33.0 Å². The maximum atomic E-state index is 5.27. The van der Waals surface area contributed by atoms with Gasteiger partial charge in [0, 0.05) is 23.3 Å². The Bertz CT molecular complexity index is 992. The van der Waals surface area contributed by atoms with E-state index < -0.39 is 0 Å². The number of ether oxygens (including phenoxy) is 1. The zero-order valence-corrected chi connectivity index (χ0v) is 13.7. The molecule has 0 N–H and O–H groups in total. The van der Waals surface area contributed by atoms with Crippen LogP contribution in [0.15, 0.2) is 60.0 Å². The second-order valence-corrected chi connectivity index (χ2v) is 5.90. The third-order valence-electron chi connectivity index (χ3n) is 3.93. The average Bonchev–Trinajstić information content (AvgIpc) is 2.96. The van der Waals surface area contributed by atoms with Crippen molar-refractivity contribution in [3.63, 3.8) is 0 Å². The normalized spacial score (nSPS) is 11.2. The van der Waals surface area contributed by atoms with Gasteiger partial charge in [0.15, 0.2) is 5.16 Å². The Hall–Kier alpha value is -2.53. The number of aromatic nitrogens is 3. The van der Waals surface area contributed by atoms with Gasteiger partial charge in [-0.25, -0.2) is 9.97 Å². The number of nitrogens with zero attached hydrogens (tertiary/aromatic N) is 3. The molecular formula is C18H15N3OS. The molecule has 5 heteroatoms. The van der Waals surface area contributed by atoms with Crippen molar-refractivity contribution in [2.24, 2.45) is 0 Å². The number of methoxy groups -OCH3 is 1. The zero-order valence-electron chi connectivity index (χ0n) is 12.9. The zero-order chi connectivity index (χ0) is 15.8. The first-order chi connectivity index (χ1) is 11.3. The summed E-state index contributed by atoms with van der Waals surface area (Å²) in [6, 6.07) is 14.3. The van der Waals surface area contributed by atoms with Gasteiger partial charge in [-0.1, -0.05) is 23.9 Å². The summed E-state index contributed by atoms with van der Waals surface area (Å²) >= 11 is 1.62. The maximum Gasteiger partial charge on any atom is 0.173 e. The molecule has 0 bridgehead atoms. The largest absolute Gasteiger partial charge is 0.497 e. The van der Waals surface area contributed by atoms with Crippen LogP contribution in [0.4, 0.5) is 0 Å². The predicted molar refractivity (Wildman–Crippen MR) is 94.3 cm³/mol. The van der Waals surface area contributed by atoms with E-state index in [2.05, 4.69) is 32.6 Å². The SMILES string of the molecule is COc1ccc(-c2c3cccnc3n3c(SC)nccc23)cc1. The Morgan fingerprint density at radius 3 is 2.57 bits per heavy atom. The highest BCUT2D eigenvalue weighted by Crippen LogP contribution is 2.36. The van der Waals surface area contributed by atoms with Gasteiger partial charge in [-0.3, -0.25) is 4.40 Å². The summed E-state index contributed by atoms with van der Waals surface area (Å²) in [6.07, 6.45) is 5.71. The van der Waals surface area contributed by atoms with E-state index in [1.807, 2.05) is 42.9 Å². The minimum Gasteiger partial charge on any atom is -0.497 e. The monoisotopic (exact) mass is 321 g/mol. The Labute approximate surface area is 138 Å². The van der Waals surface area contributed by atoms with Gasteiger partial charge in [-0.05, 0) is 42.2 Å². The highest BCUT2D eigenvalue weighted by molar-refractivity contribution is 7.98. The summed E-state index contributed by atoms with van der Waals surface area (Å²) in [5.41, 5.74) is 4.37. The molecule has 0 fully saturated rings. The highest BCUT2D eigenvalue weighted by atomic mass is 32.2. The molecule has 4 aromatic rings. The second kappa shape index (κ2) is 5.59. The molecule has 0 atom stereocenters. The first kappa shape index (κ1) is 14.1. The van der Waals surface area contributed by atoms with Crippen molar-refractivity contribution < 1.29 is 4.74 Å². The molecule has 4 nitrogen and oxygen atoms in total. The van der Waals surface area contributed by atoms with Crippen molar-refractivity contribution in [3.05, 3.63) is 54.9 Å². The predicted octanol–water partition coefficient (Wildman–Crippen LogP) is 4.28. The molecule has 4 rings (SSSR count). The van der Waals surface area contributed by atoms with E-state index in [-0.39, 0.29) is 0 Å². The fraction of sp³-hybridized carbons (Fsp3) is 0.111. The van der Waals surface area contributed by atoms with Gasteiger partial charge < -0.3 is 4.74 Å². The van der Waals surface area contributed by atoms with Crippen molar-refractivity contribution in [2.75, 3.05) is 13.4 Å². The van der Waals surface area contributed by atoms with E-state index in [1.165, 1.54) is 5.56 Å². The molecule has 0 amide bonds. The molecule has 0 aliphatic carbocycles. The van der Waals surface area contributed by atoms with Gasteiger partial charge in [-0.15, -0.1) is 0 Å². The van der Waals surface area contributed by atoms with E-state index in [9.17, 15) is 0 Å². The molecule has 114 valence electrons. The van der Waals surface area contributed by atoms with Crippen LogP contribution in [0.1, 0.15) is 0 Å². The van der Waals surface area contributed by atoms with Crippen LogP contribution in [0.3, 0.4) is 0 Å². The maximum absolute atomic E-state index is 5.27. The number of rotatable bonds is 3. The van der Waals surface area contributed by atoms with Crippen LogP contribution in [-0.4, -0.2) is 27.7 Å². The van der Waals surface area contributed by atoms with Crippen molar-refractivity contribution in [2.45, 2.75) is 5.16 Å². The molecule has 3 heterocycles. The molecule has 0 saturated heterocycles. The minimum atomic E-state index is 0.853. The number of fused-ring (bicyclic) bond motifs is 3. The number of benzene rings is 1. The molecule has 1 aromatic carbocycles. The Kier molecular flexibility index (Phi) is 3.42.